The van der Waals surface area contributed by atoms with Crippen molar-refractivity contribution >= 4 is 11.8 Å². The topological polar surface area (TPSA) is 71.4 Å². The van der Waals surface area contributed by atoms with Crippen LogP contribution in [0.5, 0.6) is 0 Å². The van der Waals surface area contributed by atoms with Crippen LogP contribution in [0, 0.1) is 0 Å². The Balaban J connectivity index is 1.63. The summed E-state index contributed by atoms with van der Waals surface area (Å²) in [4.78, 5) is 39.0. The fourth-order valence-corrected chi connectivity index (χ4v) is 3.79. The Morgan fingerprint density at radius 3 is 2.52 bits per heavy atom. The first-order chi connectivity index (χ1) is 13.9. The highest BCUT2D eigenvalue weighted by Gasteiger charge is 2.19. The van der Waals surface area contributed by atoms with Crippen molar-refractivity contribution in [3.05, 3.63) is 70.1 Å². The predicted molar refractivity (Wildman–Crippen MR) is 113 cm³/mol. The van der Waals surface area contributed by atoms with Gasteiger partial charge in [-0.3, -0.25) is 14.4 Å². The number of carbonyl (C=O) groups is 2. The van der Waals surface area contributed by atoms with Crippen molar-refractivity contribution in [2.24, 2.45) is 0 Å². The quantitative estimate of drug-likeness (QED) is 0.784. The highest BCUT2D eigenvalue weighted by Crippen LogP contribution is 2.18. The van der Waals surface area contributed by atoms with E-state index in [-0.39, 0.29) is 35.9 Å². The van der Waals surface area contributed by atoms with Gasteiger partial charge >= 0.3 is 0 Å². The van der Waals surface area contributed by atoms with Crippen molar-refractivity contribution in [3.8, 4) is 0 Å². The van der Waals surface area contributed by atoms with Crippen LogP contribution in [0.25, 0.3) is 0 Å². The number of hydrogen-bond donors (Lipinski definition) is 1. The number of hydrogen-bond acceptors (Lipinski definition) is 3. The molecule has 29 heavy (non-hydrogen) atoms. The molecule has 1 N–H and O–H groups in total. The summed E-state index contributed by atoms with van der Waals surface area (Å²) in [7, 11) is 1.74. The van der Waals surface area contributed by atoms with Crippen molar-refractivity contribution in [3.63, 3.8) is 0 Å². The number of likely N-dealkylation sites (N-methyl/N-ethyl adjacent to an activating group) is 1. The van der Waals surface area contributed by atoms with Crippen LogP contribution in [0.1, 0.15) is 54.4 Å². The minimum atomic E-state index is -0.291. The average Bonchev–Trinajstić information content (AvgIpc) is 3.23. The van der Waals surface area contributed by atoms with Gasteiger partial charge in [-0.15, -0.1) is 0 Å². The summed E-state index contributed by atoms with van der Waals surface area (Å²) in [5.41, 5.74) is 1.28. The van der Waals surface area contributed by atoms with Gasteiger partial charge in [0.05, 0.1) is 5.56 Å². The van der Waals surface area contributed by atoms with Crippen LogP contribution in [0.2, 0.25) is 0 Å². The van der Waals surface area contributed by atoms with Crippen molar-refractivity contribution in [1.29, 1.82) is 0 Å². The minimum absolute atomic E-state index is 0.0820. The molecule has 0 saturated heterocycles. The standard InChI is InChI=1S/C23H29N3O3/c1-17(18-8-4-3-5-9-18)14-25(2)22(28)16-26-15-19(12-13-21(26)27)23(29)24-20-10-6-7-11-20/h3-5,8-9,12-13,15,17,20H,6-7,10-11,14,16H2,1-2H3,(H,24,29). The molecule has 1 unspecified atom stereocenters. The Bertz CT molecular complexity index is 901. The summed E-state index contributed by atoms with van der Waals surface area (Å²) in [6.07, 6.45) is 5.74. The Hall–Kier alpha value is -2.89. The molecule has 1 heterocycles. The lowest BCUT2D eigenvalue weighted by atomic mass is 10.0. The van der Waals surface area contributed by atoms with Crippen LogP contribution in [-0.4, -0.2) is 40.9 Å². The van der Waals surface area contributed by atoms with E-state index in [1.165, 1.54) is 22.9 Å². The molecule has 1 atom stereocenters. The van der Waals surface area contributed by atoms with Crippen molar-refractivity contribution in [2.45, 2.75) is 51.1 Å². The number of nitrogens with one attached hydrogen (secondary N) is 1. The van der Waals surface area contributed by atoms with E-state index in [4.69, 9.17) is 0 Å². The zero-order valence-electron chi connectivity index (χ0n) is 17.1. The van der Waals surface area contributed by atoms with Crippen LogP contribution < -0.4 is 10.9 Å². The first kappa shape index (κ1) is 20.8. The van der Waals surface area contributed by atoms with Crippen molar-refractivity contribution < 1.29 is 9.59 Å². The van der Waals surface area contributed by atoms with E-state index in [1.807, 2.05) is 30.3 Å². The number of carbonyl (C=O) groups excluding carboxylic acids is 2. The zero-order chi connectivity index (χ0) is 20.8. The number of aromatic nitrogens is 1. The van der Waals surface area contributed by atoms with E-state index >= 15 is 0 Å². The molecule has 1 aliphatic rings. The maximum absolute atomic E-state index is 12.7. The first-order valence-electron chi connectivity index (χ1n) is 10.2. The predicted octanol–water partition coefficient (Wildman–Crippen LogP) is 2.78. The molecule has 2 amide bonds. The van der Waals surface area contributed by atoms with Gasteiger partial charge in [-0.05, 0) is 30.4 Å². The fraction of sp³-hybridized carbons (Fsp3) is 0.435. The molecule has 1 aliphatic carbocycles. The summed E-state index contributed by atoms with van der Waals surface area (Å²) in [6.45, 7) is 2.54. The molecule has 2 aromatic rings. The highest BCUT2D eigenvalue weighted by molar-refractivity contribution is 5.94. The van der Waals surface area contributed by atoms with Crippen molar-refractivity contribution in [2.75, 3.05) is 13.6 Å². The van der Waals surface area contributed by atoms with Crippen LogP contribution >= 0.6 is 0 Å². The third-order valence-corrected chi connectivity index (χ3v) is 5.58. The summed E-state index contributed by atoms with van der Waals surface area (Å²) in [6, 6.07) is 13.1. The summed E-state index contributed by atoms with van der Waals surface area (Å²) < 4.78 is 1.32. The lowest BCUT2D eigenvalue weighted by molar-refractivity contribution is -0.130. The normalized spacial score (nSPS) is 15.1. The van der Waals surface area contributed by atoms with Gasteiger partial charge in [0.1, 0.15) is 6.54 Å². The average molecular weight is 396 g/mol. The van der Waals surface area contributed by atoms with E-state index in [0.29, 0.717) is 12.1 Å². The van der Waals surface area contributed by atoms with Gasteiger partial charge in [-0.2, -0.15) is 0 Å². The molecule has 1 fully saturated rings. The fourth-order valence-electron chi connectivity index (χ4n) is 3.79. The van der Waals surface area contributed by atoms with Gasteiger partial charge in [-0.25, -0.2) is 0 Å². The van der Waals surface area contributed by atoms with E-state index in [9.17, 15) is 14.4 Å². The molecule has 1 aromatic heterocycles. The molecular weight excluding hydrogens is 366 g/mol. The Morgan fingerprint density at radius 2 is 1.83 bits per heavy atom. The molecule has 6 nitrogen and oxygen atoms in total. The monoisotopic (exact) mass is 395 g/mol. The molecule has 0 spiro atoms. The third kappa shape index (κ3) is 5.56. The second-order valence-corrected chi connectivity index (χ2v) is 7.92. The molecule has 0 bridgehead atoms. The Kier molecular flexibility index (Phi) is 6.86. The maximum Gasteiger partial charge on any atom is 0.252 e. The van der Waals surface area contributed by atoms with E-state index in [1.54, 1.807) is 11.9 Å². The van der Waals surface area contributed by atoms with E-state index < -0.39 is 0 Å². The molecule has 6 heteroatoms. The van der Waals surface area contributed by atoms with Crippen LogP contribution in [0.3, 0.4) is 0 Å². The van der Waals surface area contributed by atoms with Gasteiger partial charge in [0.25, 0.3) is 11.5 Å². The summed E-state index contributed by atoms with van der Waals surface area (Å²) in [5.74, 6) is -0.169. The number of pyridine rings is 1. The number of amides is 2. The third-order valence-electron chi connectivity index (χ3n) is 5.58. The van der Waals surface area contributed by atoms with Gasteiger partial charge in [0, 0.05) is 31.9 Å². The molecule has 0 radical (unpaired) electrons. The van der Waals surface area contributed by atoms with Gasteiger partial charge < -0.3 is 14.8 Å². The van der Waals surface area contributed by atoms with Gasteiger partial charge in [0.2, 0.25) is 5.91 Å². The van der Waals surface area contributed by atoms with Crippen LogP contribution in [0.4, 0.5) is 0 Å². The maximum atomic E-state index is 12.7. The number of nitrogens with zero attached hydrogens (tertiary/aromatic N) is 2. The minimum Gasteiger partial charge on any atom is -0.349 e. The van der Waals surface area contributed by atoms with E-state index in [0.717, 1.165) is 31.2 Å². The highest BCUT2D eigenvalue weighted by atomic mass is 16.2. The molecular formula is C23H29N3O3. The molecule has 3 rings (SSSR count). The lowest BCUT2D eigenvalue weighted by Crippen LogP contribution is -2.37. The number of benzene rings is 1. The second kappa shape index (κ2) is 9.54. The molecule has 154 valence electrons. The summed E-state index contributed by atoms with van der Waals surface area (Å²) >= 11 is 0. The number of rotatable bonds is 7. The van der Waals surface area contributed by atoms with Crippen molar-refractivity contribution in [1.82, 2.24) is 14.8 Å². The lowest BCUT2D eigenvalue weighted by Gasteiger charge is -2.22. The SMILES string of the molecule is CC(CN(C)C(=O)Cn1cc(C(=O)NC2CCCC2)ccc1=O)c1ccccc1. The van der Waals surface area contributed by atoms with E-state index in [2.05, 4.69) is 12.2 Å². The molecule has 0 aliphatic heterocycles. The second-order valence-electron chi connectivity index (χ2n) is 7.92. The zero-order valence-corrected chi connectivity index (χ0v) is 17.1. The largest absolute Gasteiger partial charge is 0.349 e. The summed E-state index contributed by atoms with van der Waals surface area (Å²) in [5, 5.41) is 3.01. The Morgan fingerprint density at radius 1 is 1.14 bits per heavy atom. The van der Waals surface area contributed by atoms with Gasteiger partial charge in [-0.1, -0.05) is 50.1 Å². The molecule has 1 aromatic carbocycles. The van der Waals surface area contributed by atoms with Gasteiger partial charge in [0.15, 0.2) is 0 Å². The molecule has 1 saturated carbocycles. The van der Waals surface area contributed by atoms with Crippen LogP contribution in [-0.2, 0) is 11.3 Å². The van der Waals surface area contributed by atoms with Crippen LogP contribution in [0.15, 0.2) is 53.5 Å². The Labute approximate surface area is 171 Å². The first-order valence-corrected chi connectivity index (χ1v) is 10.2. The smallest absolute Gasteiger partial charge is 0.252 e.